The minimum absolute atomic E-state index is 0.355. The van der Waals surface area contributed by atoms with Crippen LogP contribution in [0.3, 0.4) is 0 Å². The second-order valence-corrected chi connectivity index (χ2v) is 4.65. The van der Waals surface area contributed by atoms with Crippen LogP contribution in [0.2, 0.25) is 0 Å². The Morgan fingerprint density at radius 3 is 2.89 bits per heavy atom. The lowest BCUT2D eigenvalue weighted by Crippen LogP contribution is -2.21. The van der Waals surface area contributed by atoms with Crippen molar-refractivity contribution in [1.82, 2.24) is 4.98 Å². The summed E-state index contributed by atoms with van der Waals surface area (Å²) in [4.78, 5) is 16.6. The van der Waals surface area contributed by atoms with Gasteiger partial charge in [-0.2, -0.15) is 0 Å². The number of benzene rings is 1. The Balaban J connectivity index is 2.22. The van der Waals surface area contributed by atoms with E-state index < -0.39 is 6.04 Å². The van der Waals surface area contributed by atoms with Gasteiger partial charge in [0, 0.05) is 18.0 Å². The third-order valence-electron chi connectivity index (χ3n) is 2.55. The zero-order valence-corrected chi connectivity index (χ0v) is 11.4. The fourth-order valence-corrected chi connectivity index (χ4v) is 2.27. The Labute approximate surface area is 115 Å². The first-order valence-electron chi connectivity index (χ1n) is 5.61. The largest absolute Gasteiger partial charge is 0.497 e. The lowest BCUT2D eigenvalue weighted by molar-refractivity contribution is -0.141. The van der Waals surface area contributed by atoms with Gasteiger partial charge in [-0.25, -0.2) is 4.79 Å². The molecule has 1 unspecified atom stereocenters. The van der Waals surface area contributed by atoms with Crippen molar-refractivity contribution < 1.29 is 14.3 Å². The van der Waals surface area contributed by atoms with Gasteiger partial charge >= 0.3 is 5.97 Å². The number of nitrogens with zero attached hydrogens (tertiary/aromatic N) is 1. The van der Waals surface area contributed by atoms with E-state index >= 15 is 0 Å². The molecular weight excluding hydrogens is 264 g/mol. The van der Waals surface area contributed by atoms with Gasteiger partial charge in [0.15, 0.2) is 6.04 Å². The first-order chi connectivity index (χ1) is 9.24. The molecule has 2 rings (SSSR count). The van der Waals surface area contributed by atoms with Crippen LogP contribution in [0.4, 0.5) is 5.69 Å². The molecule has 0 aliphatic carbocycles. The Bertz CT molecular complexity index is 543. The molecule has 0 saturated heterocycles. The van der Waals surface area contributed by atoms with Crippen LogP contribution in [-0.4, -0.2) is 25.2 Å². The maximum atomic E-state index is 11.8. The average Bonchev–Trinajstić information content (AvgIpc) is 2.98. The molecule has 0 aliphatic rings. The molecule has 1 aromatic carbocycles. The van der Waals surface area contributed by atoms with Gasteiger partial charge in [0.05, 0.1) is 24.6 Å². The van der Waals surface area contributed by atoms with E-state index in [2.05, 4.69) is 10.3 Å². The molecule has 2 aromatic rings. The van der Waals surface area contributed by atoms with Gasteiger partial charge in [-0.05, 0) is 12.1 Å². The number of ether oxygens (including phenoxy) is 2. The molecule has 19 heavy (non-hydrogen) atoms. The summed E-state index contributed by atoms with van der Waals surface area (Å²) in [5.74, 6) is 0.366. The Hall–Kier alpha value is -2.08. The summed E-state index contributed by atoms with van der Waals surface area (Å²) in [7, 11) is 2.96. The van der Waals surface area contributed by atoms with Crippen LogP contribution in [0.1, 0.15) is 10.9 Å². The summed E-state index contributed by atoms with van der Waals surface area (Å²) in [6.45, 7) is 0. The van der Waals surface area contributed by atoms with Crippen LogP contribution in [-0.2, 0) is 9.53 Å². The average molecular weight is 278 g/mol. The van der Waals surface area contributed by atoms with Gasteiger partial charge in [0.2, 0.25) is 0 Å². The highest BCUT2D eigenvalue weighted by Gasteiger charge is 2.22. The van der Waals surface area contributed by atoms with Gasteiger partial charge in [-0.3, -0.25) is 4.98 Å². The van der Waals surface area contributed by atoms with Crippen molar-refractivity contribution >= 4 is 23.0 Å². The van der Waals surface area contributed by atoms with Crippen molar-refractivity contribution in [3.63, 3.8) is 0 Å². The highest BCUT2D eigenvalue weighted by Crippen LogP contribution is 2.25. The Morgan fingerprint density at radius 2 is 2.26 bits per heavy atom. The van der Waals surface area contributed by atoms with E-state index in [-0.39, 0.29) is 5.97 Å². The van der Waals surface area contributed by atoms with Crippen molar-refractivity contribution in [1.29, 1.82) is 0 Å². The van der Waals surface area contributed by atoms with Crippen LogP contribution >= 0.6 is 11.3 Å². The maximum absolute atomic E-state index is 11.8. The van der Waals surface area contributed by atoms with E-state index in [0.29, 0.717) is 0 Å². The number of nitrogens with one attached hydrogen (secondary N) is 1. The second-order valence-electron chi connectivity index (χ2n) is 3.74. The van der Waals surface area contributed by atoms with Gasteiger partial charge in [0.25, 0.3) is 0 Å². The first kappa shape index (κ1) is 13.4. The number of esters is 1. The standard InChI is InChI=1S/C13H14N2O3S/c1-17-10-5-3-4-9(6-10)15-12(13(16)18-2)11-7-14-8-19-11/h3-8,12,15H,1-2H3. The molecule has 0 aliphatic heterocycles. The summed E-state index contributed by atoms with van der Waals surface area (Å²) in [6.07, 6.45) is 1.65. The quantitative estimate of drug-likeness (QED) is 0.851. The van der Waals surface area contributed by atoms with Gasteiger partial charge in [0.1, 0.15) is 5.75 Å². The van der Waals surface area contributed by atoms with E-state index in [4.69, 9.17) is 9.47 Å². The van der Waals surface area contributed by atoms with Gasteiger partial charge < -0.3 is 14.8 Å². The monoisotopic (exact) mass is 278 g/mol. The zero-order chi connectivity index (χ0) is 13.7. The van der Waals surface area contributed by atoms with Crippen molar-refractivity contribution in [3.05, 3.63) is 40.8 Å². The van der Waals surface area contributed by atoms with E-state index in [0.717, 1.165) is 16.3 Å². The van der Waals surface area contributed by atoms with E-state index in [1.807, 2.05) is 24.3 Å². The number of anilines is 1. The lowest BCUT2D eigenvalue weighted by atomic mass is 10.2. The van der Waals surface area contributed by atoms with Crippen LogP contribution in [0.25, 0.3) is 0 Å². The number of carbonyl (C=O) groups excluding carboxylic acids is 1. The molecule has 0 saturated carbocycles. The highest BCUT2D eigenvalue weighted by atomic mass is 32.1. The molecule has 0 fully saturated rings. The van der Waals surface area contributed by atoms with Crippen molar-refractivity contribution in [3.8, 4) is 5.75 Å². The third-order valence-corrected chi connectivity index (χ3v) is 3.39. The number of hydrogen-bond acceptors (Lipinski definition) is 6. The predicted molar refractivity (Wildman–Crippen MR) is 73.5 cm³/mol. The minimum atomic E-state index is -0.565. The molecule has 0 bridgehead atoms. The molecule has 1 heterocycles. The Kier molecular flexibility index (Phi) is 4.35. The lowest BCUT2D eigenvalue weighted by Gasteiger charge is -2.16. The first-order valence-corrected chi connectivity index (χ1v) is 6.49. The summed E-state index contributed by atoms with van der Waals surface area (Å²) >= 11 is 1.40. The van der Waals surface area contributed by atoms with Crippen LogP contribution in [0, 0.1) is 0 Å². The number of rotatable bonds is 5. The van der Waals surface area contributed by atoms with Crippen molar-refractivity contribution in [2.45, 2.75) is 6.04 Å². The van der Waals surface area contributed by atoms with Crippen LogP contribution in [0.5, 0.6) is 5.75 Å². The fourth-order valence-electron chi connectivity index (χ4n) is 1.61. The molecule has 6 heteroatoms. The molecule has 1 aromatic heterocycles. The predicted octanol–water partition coefficient (Wildman–Crippen LogP) is 2.48. The van der Waals surface area contributed by atoms with Crippen molar-refractivity contribution in [2.24, 2.45) is 0 Å². The van der Waals surface area contributed by atoms with E-state index in [9.17, 15) is 4.79 Å². The number of hydrogen-bond donors (Lipinski definition) is 1. The molecule has 1 atom stereocenters. The van der Waals surface area contributed by atoms with Crippen LogP contribution in [0.15, 0.2) is 36.0 Å². The zero-order valence-electron chi connectivity index (χ0n) is 10.6. The molecule has 0 radical (unpaired) electrons. The van der Waals surface area contributed by atoms with Crippen LogP contribution < -0.4 is 10.1 Å². The molecule has 0 spiro atoms. The van der Waals surface area contributed by atoms with E-state index in [1.165, 1.54) is 18.4 Å². The third kappa shape index (κ3) is 3.23. The summed E-state index contributed by atoms with van der Waals surface area (Å²) in [5, 5.41) is 3.12. The molecule has 5 nitrogen and oxygen atoms in total. The molecule has 1 N–H and O–H groups in total. The smallest absolute Gasteiger partial charge is 0.333 e. The molecular formula is C13H14N2O3S. The molecule has 0 amide bonds. The number of carbonyl (C=O) groups is 1. The summed E-state index contributed by atoms with van der Waals surface area (Å²) in [6, 6.07) is 6.80. The summed E-state index contributed by atoms with van der Waals surface area (Å²) in [5.41, 5.74) is 2.46. The fraction of sp³-hybridized carbons (Fsp3) is 0.231. The Morgan fingerprint density at radius 1 is 1.42 bits per heavy atom. The van der Waals surface area contributed by atoms with Gasteiger partial charge in [-0.15, -0.1) is 11.3 Å². The number of methoxy groups -OCH3 is 2. The van der Waals surface area contributed by atoms with E-state index in [1.54, 1.807) is 18.8 Å². The number of thiazole rings is 1. The topological polar surface area (TPSA) is 60.5 Å². The number of aromatic nitrogens is 1. The highest BCUT2D eigenvalue weighted by molar-refractivity contribution is 7.09. The normalized spacial score (nSPS) is 11.7. The SMILES string of the molecule is COC(=O)C(Nc1cccc(OC)c1)c1cncs1. The maximum Gasteiger partial charge on any atom is 0.333 e. The second kappa shape index (κ2) is 6.19. The minimum Gasteiger partial charge on any atom is -0.497 e. The summed E-state index contributed by atoms with van der Waals surface area (Å²) < 4.78 is 9.96. The van der Waals surface area contributed by atoms with Crippen molar-refractivity contribution in [2.75, 3.05) is 19.5 Å². The molecule has 100 valence electrons. The van der Waals surface area contributed by atoms with Gasteiger partial charge in [-0.1, -0.05) is 6.07 Å².